The Morgan fingerprint density at radius 2 is 2.05 bits per heavy atom. The normalized spacial score (nSPS) is 13.9. The van der Waals surface area contributed by atoms with Crippen LogP contribution >= 0.6 is 11.3 Å². The predicted molar refractivity (Wildman–Crippen MR) is 78.6 cm³/mol. The van der Waals surface area contributed by atoms with Gasteiger partial charge in [-0.3, -0.25) is 0 Å². The lowest BCUT2D eigenvalue weighted by molar-refractivity contribution is 0.104. The van der Waals surface area contributed by atoms with Crippen molar-refractivity contribution >= 4 is 11.3 Å². The molecule has 0 aliphatic rings. The average Bonchev–Trinajstić information content (AvgIpc) is 2.98. The van der Waals surface area contributed by atoms with Gasteiger partial charge >= 0.3 is 0 Å². The van der Waals surface area contributed by atoms with Gasteiger partial charge in [0.25, 0.3) is 0 Å². The van der Waals surface area contributed by atoms with Gasteiger partial charge in [-0.25, -0.2) is 4.39 Å². The molecular formula is C15H18FNO2S. The quantitative estimate of drug-likeness (QED) is 0.825. The lowest BCUT2D eigenvalue weighted by Gasteiger charge is -2.16. The number of aliphatic hydroxyl groups excluding tert-OH is 1. The summed E-state index contributed by atoms with van der Waals surface area (Å²) in [4.78, 5) is 1.23. The Balaban J connectivity index is 1.70. The molecule has 2 N–H and O–H groups in total. The molecule has 1 aromatic carbocycles. The molecule has 2 rings (SSSR count). The summed E-state index contributed by atoms with van der Waals surface area (Å²) in [5, 5.41) is 15.1. The number of ether oxygens (including phenoxy) is 1. The maximum Gasteiger partial charge on any atom is 0.123 e. The number of hydrogen-bond donors (Lipinski definition) is 2. The van der Waals surface area contributed by atoms with E-state index in [1.807, 2.05) is 11.4 Å². The van der Waals surface area contributed by atoms with Crippen LogP contribution in [0.25, 0.3) is 0 Å². The van der Waals surface area contributed by atoms with Crippen LogP contribution in [0.15, 0.2) is 41.8 Å². The fraction of sp³-hybridized carbons (Fsp3) is 0.333. The Morgan fingerprint density at radius 1 is 1.30 bits per heavy atom. The van der Waals surface area contributed by atoms with Crippen molar-refractivity contribution in [2.45, 2.75) is 19.1 Å². The van der Waals surface area contributed by atoms with Gasteiger partial charge in [0.1, 0.15) is 24.3 Å². The molecule has 0 saturated carbocycles. The molecule has 108 valence electrons. The Labute approximate surface area is 122 Å². The third-order valence-corrected chi connectivity index (χ3v) is 3.94. The summed E-state index contributed by atoms with van der Waals surface area (Å²) in [6, 6.07) is 10.0. The second-order valence-corrected chi connectivity index (χ2v) is 5.54. The van der Waals surface area contributed by atoms with Gasteiger partial charge in [0.15, 0.2) is 0 Å². The molecule has 0 amide bonds. The van der Waals surface area contributed by atoms with Crippen LogP contribution in [0.5, 0.6) is 5.75 Å². The summed E-state index contributed by atoms with van der Waals surface area (Å²) in [5.74, 6) is 0.251. The molecule has 1 heterocycles. The Kier molecular flexibility index (Phi) is 5.52. The molecule has 0 saturated heterocycles. The van der Waals surface area contributed by atoms with Crippen LogP contribution in [0.4, 0.5) is 4.39 Å². The first kappa shape index (κ1) is 15.0. The van der Waals surface area contributed by atoms with Gasteiger partial charge in [0.05, 0.1) is 0 Å². The third kappa shape index (κ3) is 4.59. The highest BCUT2D eigenvalue weighted by molar-refractivity contribution is 7.10. The Bertz CT molecular complexity index is 501. The molecule has 20 heavy (non-hydrogen) atoms. The van der Waals surface area contributed by atoms with Crippen molar-refractivity contribution < 1.29 is 14.2 Å². The van der Waals surface area contributed by atoms with E-state index < -0.39 is 6.10 Å². The molecule has 2 unspecified atom stereocenters. The van der Waals surface area contributed by atoms with Crippen molar-refractivity contribution in [3.8, 4) is 5.75 Å². The van der Waals surface area contributed by atoms with Gasteiger partial charge in [-0.05, 0) is 42.6 Å². The summed E-state index contributed by atoms with van der Waals surface area (Å²) < 4.78 is 18.1. The summed E-state index contributed by atoms with van der Waals surface area (Å²) in [6.07, 6.45) is -0.609. The monoisotopic (exact) mass is 295 g/mol. The van der Waals surface area contributed by atoms with Crippen molar-refractivity contribution in [2.24, 2.45) is 0 Å². The first-order chi connectivity index (χ1) is 9.65. The zero-order valence-corrected chi connectivity index (χ0v) is 12.1. The van der Waals surface area contributed by atoms with E-state index in [2.05, 4.69) is 18.3 Å². The zero-order chi connectivity index (χ0) is 14.4. The van der Waals surface area contributed by atoms with Gasteiger partial charge < -0.3 is 15.2 Å². The minimum absolute atomic E-state index is 0.176. The highest BCUT2D eigenvalue weighted by Gasteiger charge is 2.10. The van der Waals surface area contributed by atoms with Crippen LogP contribution in [0.1, 0.15) is 17.8 Å². The highest BCUT2D eigenvalue weighted by Crippen LogP contribution is 2.18. The van der Waals surface area contributed by atoms with Crippen LogP contribution in [0.3, 0.4) is 0 Å². The van der Waals surface area contributed by atoms with Crippen LogP contribution in [0, 0.1) is 5.82 Å². The molecule has 0 aliphatic heterocycles. The molecule has 2 atom stereocenters. The fourth-order valence-electron chi connectivity index (χ4n) is 1.73. The first-order valence-electron chi connectivity index (χ1n) is 6.48. The number of aliphatic hydroxyl groups is 1. The topological polar surface area (TPSA) is 41.5 Å². The molecule has 0 spiro atoms. The van der Waals surface area contributed by atoms with Crippen molar-refractivity contribution in [1.29, 1.82) is 0 Å². The molecule has 0 aliphatic carbocycles. The van der Waals surface area contributed by atoms with Crippen LogP contribution in [0.2, 0.25) is 0 Å². The van der Waals surface area contributed by atoms with Crippen LogP contribution in [-0.2, 0) is 0 Å². The van der Waals surface area contributed by atoms with E-state index >= 15 is 0 Å². The van der Waals surface area contributed by atoms with Crippen molar-refractivity contribution in [3.05, 3.63) is 52.5 Å². The SMILES string of the molecule is CC(NCC(O)COc1ccc(F)cc1)c1cccs1. The number of rotatable bonds is 7. The van der Waals surface area contributed by atoms with E-state index in [4.69, 9.17) is 4.74 Å². The van der Waals surface area contributed by atoms with E-state index in [1.54, 1.807) is 23.5 Å². The van der Waals surface area contributed by atoms with Crippen LogP contribution < -0.4 is 10.1 Å². The van der Waals surface area contributed by atoms with Crippen molar-refractivity contribution in [1.82, 2.24) is 5.32 Å². The number of halogens is 1. The number of hydrogen-bond acceptors (Lipinski definition) is 4. The molecule has 2 aromatic rings. The van der Waals surface area contributed by atoms with Gasteiger partial charge in [0, 0.05) is 17.5 Å². The fourth-order valence-corrected chi connectivity index (χ4v) is 2.49. The minimum Gasteiger partial charge on any atom is -0.491 e. The summed E-state index contributed by atoms with van der Waals surface area (Å²) in [6.45, 7) is 2.68. The molecule has 0 radical (unpaired) electrons. The van der Waals surface area contributed by atoms with Gasteiger partial charge in [-0.2, -0.15) is 0 Å². The summed E-state index contributed by atoms with van der Waals surface area (Å²) in [5.41, 5.74) is 0. The first-order valence-corrected chi connectivity index (χ1v) is 7.36. The lowest BCUT2D eigenvalue weighted by atomic mass is 10.2. The average molecular weight is 295 g/mol. The number of thiophene rings is 1. The van der Waals surface area contributed by atoms with E-state index in [0.717, 1.165) is 0 Å². The molecule has 0 fully saturated rings. The maximum atomic E-state index is 12.7. The highest BCUT2D eigenvalue weighted by atomic mass is 32.1. The zero-order valence-electron chi connectivity index (χ0n) is 11.3. The third-order valence-electron chi connectivity index (χ3n) is 2.89. The van der Waals surface area contributed by atoms with Crippen molar-refractivity contribution in [3.63, 3.8) is 0 Å². The summed E-state index contributed by atoms with van der Waals surface area (Å²) >= 11 is 1.68. The number of nitrogens with one attached hydrogen (secondary N) is 1. The maximum absolute atomic E-state index is 12.7. The minimum atomic E-state index is -0.609. The predicted octanol–water partition coefficient (Wildman–Crippen LogP) is 2.98. The Morgan fingerprint density at radius 3 is 2.70 bits per heavy atom. The molecule has 1 aromatic heterocycles. The largest absolute Gasteiger partial charge is 0.491 e. The summed E-state index contributed by atoms with van der Waals surface area (Å²) in [7, 11) is 0. The van der Waals surface area contributed by atoms with Gasteiger partial charge in [0.2, 0.25) is 0 Å². The second kappa shape index (κ2) is 7.38. The van der Waals surface area contributed by atoms with Gasteiger partial charge in [-0.1, -0.05) is 6.07 Å². The molecule has 5 heteroatoms. The Hall–Kier alpha value is -1.43. The van der Waals surface area contributed by atoms with Gasteiger partial charge in [-0.15, -0.1) is 11.3 Å². The number of benzene rings is 1. The molecule has 0 bridgehead atoms. The van der Waals surface area contributed by atoms with E-state index in [-0.39, 0.29) is 18.5 Å². The van der Waals surface area contributed by atoms with E-state index in [1.165, 1.54) is 17.0 Å². The van der Waals surface area contributed by atoms with E-state index in [9.17, 15) is 9.50 Å². The van der Waals surface area contributed by atoms with Crippen LogP contribution in [-0.4, -0.2) is 24.4 Å². The van der Waals surface area contributed by atoms with Crippen molar-refractivity contribution in [2.75, 3.05) is 13.2 Å². The molecular weight excluding hydrogens is 277 g/mol. The van der Waals surface area contributed by atoms with E-state index in [0.29, 0.717) is 12.3 Å². The standard InChI is InChI=1S/C15H18FNO2S/c1-11(15-3-2-8-20-15)17-9-13(18)10-19-14-6-4-12(16)5-7-14/h2-8,11,13,17-18H,9-10H2,1H3. The smallest absolute Gasteiger partial charge is 0.123 e. The molecule has 3 nitrogen and oxygen atoms in total. The second-order valence-electron chi connectivity index (χ2n) is 4.56. The lowest BCUT2D eigenvalue weighted by Crippen LogP contribution is -2.32.